The Balaban J connectivity index is 2.14. The van der Waals surface area contributed by atoms with Crippen molar-refractivity contribution < 1.29 is 18.3 Å². The van der Waals surface area contributed by atoms with Gasteiger partial charge in [-0.1, -0.05) is 11.6 Å². The summed E-state index contributed by atoms with van der Waals surface area (Å²) in [5.74, 6) is -1.63. The largest absolute Gasteiger partial charge is 0.481 e. The number of halogens is 2. The molecule has 1 aliphatic heterocycles. The first-order valence-electron chi connectivity index (χ1n) is 6.25. The van der Waals surface area contributed by atoms with Crippen LogP contribution in [0.3, 0.4) is 0 Å². The zero-order chi connectivity index (χ0) is 15.6. The second-order valence-corrected chi connectivity index (χ2v) is 7.70. The fraction of sp³-hybridized carbons (Fsp3) is 0.417. The van der Waals surface area contributed by atoms with Gasteiger partial charge in [0.05, 0.1) is 16.6 Å². The molecule has 0 saturated carbocycles. The number of rotatable bonds is 4. The average Bonchev–Trinajstić information content (AvgIpc) is 2.43. The number of carboxylic acids is 1. The van der Waals surface area contributed by atoms with Gasteiger partial charge in [0.15, 0.2) is 0 Å². The summed E-state index contributed by atoms with van der Waals surface area (Å²) in [5, 5.41) is 9.49. The maximum Gasteiger partial charge on any atom is 0.307 e. The summed E-state index contributed by atoms with van der Waals surface area (Å²) < 4.78 is 28.8. The van der Waals surface area contributed by atoms with Gasteiger partial charge in [0.1, 0.15) is 0 Å². The van der Waals surface area contributed by atoms with Gasteiger partial charge in [-0.25, -0.2) is 0 Å². The second kappa shape index (κ2) is 6.51. The molecule has 0 radical (unpaired) electrons. The Morgan fingerprint density at radius 2 is 2.19 bits per heavy atom. The number of piperidine rings is 1. The van der Waals surface area contributed by atoms with E-state index in [1.54, 1.807) is 18.2 Å². The standard InChI is InChI=1S/C12H14BrClN2O4S/c13-10-6-9(3-4-11(10)14)15-21(19,20)16-5-1-2-8(7-16)12(17)18/h3-4,6,8,15H,1-2,5,7H2,(H,17,18). The molecule has 0 aliphatic carbocycles. The predicted molar refractivity (Wildman–Crippen MR) is 83.6 cm³/mol. The first-order valence-corrected chi connectivity index (χ1v) is 8.86. The van der Waals surface area contributed by atoms with Crippen LogP contribution in [0.4, 0.5) is 5.69 Å². The minimum atomic E-state index is -3.78. The van der Waals surface area contributed by atoms with Crippen LogP contribution in [0.25, 0.3) is 0 Å². The molecular weight excluding hydrogens is 384 g/mol. The zero-order valence-electron chi connectivity index (χ0n) is 10.9. The number of hydrogen-bond donors (Lipinski definition) is 2. The van der Waals surface area contributed by atoms with Gasteiger partial charge >= 0.3 is 16.2 Å². The van der Waals surface area contributed by atoms with E-state index in [2.05, 4.69) is 20.7 Å². The van der Waals surface area contributed by atoms with Crippen molar-refractivity contribution in [3.05, 3.63) is 27.7 Å². The Kier molecular flexibility index (Phi) is 5.13. The van der Waals surface area contributed by atoms with E-state index in [0.29, 0.717) is 34.6 Å². The molecule has 1 fully saturated rings. The van der Waals surface area contributed by atoms with Crippen molar-refractivity contribution in [2.75, 3.05) is 17.8 Å². The van der Waals surface area contributed by atoms with Gasteiger partial charge < -0.3 is 5.11 Å². The molecule has 2 rings (SSSR count). The third-order valence-electron chi connectivity index (χ3n) is 3.24. The molecule has 1 aromatic carbocycles. The minimum absolute atomic E-state index is 0.0145. The normalized spacial score (nSPS) is 20.2. The average molecular weight is 398 g/mol. The summed E-state index contributed by atoms with van der Waals surface area (Å²) in [7, 11) is -3.78. The Hall–Kier alpha value is -0.830. The Labute approximate surface area is 136 Å². The Bertz CT molecular complexity index is 653. The number of benzene rings is 1. The first kappa shape index (κ1) is 16.5. The molecule has 1 saturated heterocycles. The number of carboxylic acid groups (broad SMARTS) is 1. The van der Waals surface area contributed by atoms with Crippen LogP contribution in [0.1, 0.15) is 12.8 Å². The molecule has 2 N–H and O–H groups in total. The SMILES string of the molecule is O=C(O)C1CCCN(S(=O)(=O)Nc2ccc(Cl)c(Br)c2)C1. The van der Waals surface area contributed by atoms with Crippen LogP contribution in [0.15, 0.2) is 22.7 Å². The number of anilines is 1. The minimum Gasteiger partial charge on any atom is -0.481 e. The lowest BCUT2D eigenvalue weighted by atomic mass is 10.0. The van der Waals surface area contributed by atoms with E-state index >= 15 is 0 Å². The van der Waals surface area contributed by atoms with E-state index in [-0.39, 0.29) is 6.54 Å². The van der Waals surface area contributed by atoms with Crippen LogP contribution in [0, 0.1) is 5.92 Å². The molecule has 1 atom stereocenters. The number of carbonyl (C=O) groups is 1. The third kappa shape index (κ3) is 4.09. The van der Waals surface area contributed by atoms with Gasteiger partial charge in [-0.15, -0.1) is 0 Å². The maximum atomic E-state index is 12.3. The van der Waals surface area contributed by atoms with Gasteiger partial charge in [0.25, 0.3) is 0 Å². The van der Waals surface area contributed by atoms with Crippen molar-refractivity contribution in [3.63, 3.8) is 0 Å². The lowest BCUT2D eigenvalue weighted by Gasteiger charge is -2.29. The molecule has 0 bridgehead atoms. The number of hydrogen-bond acceptors (Lipinski definition) is 3. The van der Waals surface area contributed by atoms with E-state index in [4.69, 9.17) is 16.7 Å². The van der Waals surface area contributed by atoms with Crippen LogP contribution in [-0.4, -0.2) is 36.9 Å². The maximum absolute atomic E-state index is 12.3. The quantitative estimate of drug-likeness (QED) is 0.817. The van der Waals surface area contributed by atoms with Gasteiger partial charge in [-0.3, -0.25) is 9.52 Å². The highest BCUT2D eigenvalue weighted by molar-refractivity contribution is 9.10. The van der Waals surface area contributed by atoms with Crippen LogP contribution < -0.4 is 4.72 Å². The van der Waals surface area contributed by atoms with Gasteiger partial charge in [-0.2, -0.15) is 12.7 Å². The van der Waals surface area contributed by atoms with Crippen molar-refractivity contribution >= 4 is 49.4 Å². The van der Waals surface area contributed by atoms with Crippen LogP contribution in [0.5, 0.6) is 0 Å². The van der Waals surface area contributed by atoms with E-state index in [1.807, 2.05) is 0 Å². The summed E-state index contributed by atoms with van der Waals surface area (Å²) >= 11 is 9.07. The molecule has 1 unspecified atom stereocenters. The summed E-state index contributed by atoms with van der Waals surface area (Å²) in [5.41, 5.74) is 0.365. The Morgan fingerprint density at radius 1 is 1.48 bits per heavy atom. The van der Waals surface area contributed by atoms with Crippen LogP contribution in [-0.2, 0) is 15.0 Å². The first-order chi connectivity index (χ1) is 9.79. The summed E-state index contributed by atoms with van der Waals surface area (Å²) in [4.78, 5) is 11.0. The highest BCUT2D eigenvalue weighted by Gasteiger charge is 2.32. The smallest absolute Gasteiger partial charge is 0.307 e. The molecule has 0 amide bonds. The number of nitrogens with one attached hydrogen (secondary N) is 1. The van der Waals surface area contributed by atoms with Crippen molar-refractivity contribution in [3.8, 4) is 0 Å². The van der Waals surface area contributed by atoms with Crippen molar-refractivity contribution in [2.45, 2.75) is 12.8 Å². The summed E-state index contributed by atoms with van der Waals surface area (Å²) in [6.07, 6.45) is 1.02. The second-order valence-electron chi connectivity index (χ2n) is 4.77. The molecular formula is C12H14BrClN2O4S. The number of aliphatic carboxylic acids is 1. The predicted octanol–water partition coefficient (Wildman–Crippen LogP) is 2.56. The highest BCUT2D eigenvalue weighted by atomic mass is 79.9. The highest BCUT2D eigenvalue weighted by Crippen LogP contribution is 2.27. The lowest BCUT2D eigenvalue weighted by molar-refractivity contribution is -0.142. The fourth-order valence-electron chi connectivity index (χ4n) is 2.14. The van der Waals surface area contributed by atoms with Gasteiger partial charge in [0.2, 0.25) is 0 Å². The van der Waals surface area contributed by atoms with Crippen molar-refractivity contribution in [1.29, 1.82) is 0 Å². The molecule has 0 aromatic heterocycles. The van der Waals surface area contributed by atoms with Gasteiger partial charge in [-0.05, 0) is 47.0 Å². The fourth-order valence-corrected chi connectivity index (χ4v) is 3.93. The topological polar surface area (TPSA) is 86.7 Å². The monoisotopic (exact) mass is 396 g/mol. The third-order valence-corrected chi connectivity index (χ3v) is 5.96. The Morgan fingerprint density at radius 3 is 2.81 bits per heavy atom. The number of nitrogens with zero attached hydrogens (tertiary/aromatic N) is 1. The molecule has 1 aliphatic rings. The molecule has 6 nitrogen and oxygen atoms in total. The van der Waals surface area contributed by atoms with E-state index < -0.39 is 22.1 Å². The zero-order valence-corrected chi connectivity index (χ0v) is 14.1. The van der Waals surface area contributed by atoms with Crippen molar-refractivity contribution in [2.24, 2.45) is 5.92 Å². The van der Waals surface area contributed by atoms with Crippen LogP contribution in [0.2, 0.25) is 5.02 Å². The van der Waals surface area contributed by atoms with E-state index in [0.717, 1.165) is 4.31 Å². The molecule has 1 aromatic rings. The molecule has 1 heterocycles. The lowest BCUT2D eigenvalue weighted by Crippen LogP contribution is -2.44. The molecule has 0 spiro atoms. The summed E-state index contributed by atoms with van der Waals surface area (Å²) in [6.45, 7) is 0.299. The summed E-state index contributed by atoms with van der Waals surface area (Å²) in [6, 6.07) is 4.67. The van der Waals surface area contributed by atoms with Gasteiger partial charge in [0, 0.05) is 17.6 Å². The molecule has 21 heavy (non-hydrogen) atoms. The molecule has 9 heteroatoms. The van der Waals surface area contributed by atoms with Crippen molar-refractivity contribution in [1.82, 2.24) is 4.31 Å². The molecule has 116 valence electrons. The van der Waals surface area contributed by atoms with E-state index in [9.17, 15) is 13.2 Å². The van der Waals surface area contributed by atoms with E-state index in [1.165, 1.54) is 0 Å². The van der Waals surface area contributed by atoms with Crippen LogP contribution >= 0.6 is 27.5 Å².